The van der Waals surface area contributed by atoms with Crippen LogP contribution in [0.2, 0.25) is 0 Å². The van der Waals surface area contributed by atoms with Crippen molar-refractivity contribution in [3.05, 3.63) is 48.0 Å². The van der Waals surface area contributed by atoms with E-state index in [4.69, 9.17) is 4.74 Å². The van der Waals surface area contributed by atoms with E-state index in [0.29, 0.717) is 0 Å². The van der Waals surface area contributed by atoms with Crippen LogP contribution >= 0.6 is 0 Å². The highest BCUT2D eigenvalue weighted by Gasteiger charge is 2.24. The predicted molar refractivity (Wildman–Crippen MR) is 106 cm³/mol. The lowest BCUT2D eigenvalue weighted by Gasteiger charge is -2.31. The maximum absolute atomic E-state index is 12.3. The number of benzene rings is 2. The molecule has 4 nitrogen and oxygen atoms in total. The molecule has 1 saturated heterocycles. The minimum atomic E-state index is 0.158. The second-order valence-corrected chi connectivity index (χ2v) is 7.03. The number of hydrogen-bond donors (Lipinski definition) is 1. The van der Waals surface area contributed by atoms with Crippen molar-refractivity contribution in [2.75, 3.05) is 32.8 Å². The lowest BCUT2D eigenvalue weighted by atomic mass is 9.95. The number of likely N-dealkylation sites (tertiary alicyclic amines) is 1. The molecule has 2 aromatic carbocycles. The minimum absolute atomic E-state index is 0.158. The molecule has 0 aromatic heterocycles. The molecule has 1 aliphatic heterocycles. The summed E-state index contributed by atoms with van der Waals surface area (Å²) in [6.45, 7) is 7.10. The molecule has 1 heterocycles. The summed E-state index contributed by atoms with van der Waals surface area (Å²) in [6.07, 6.45) is 2.78. The van der Waals surface area contributed by atoms with Crippen molar-refractivity contribution < 1.29 is 9.53 Å². The van der Waals surface area contributed by atoms with Crippen molar-refractivity contribution in [1.29, 1.82) is 0 Å². The summed E-state index contributed by atoms with van der Waals surface area (Å²) >= 11 is 0. The molecule has 1 aliphatic rings. The second-order valence-electron chi connectivity index (χ2n) is 7.03. The highest BCUT2D eigenvalue weighted by Crippen LogP contribution is 2.23. The maximum atomic E-state index is 12.3. The fourth-order valence-corrected chi connectivity index (χ4v) is 3.70. The fraction of sp³-hybridized carbons (Fsp3) is 0.500. The third-order valence-electron chi connectivity index (χ3n) is 5.20. The third-order valence-corrected chi connectivity index (χ3v) is 5.20. The zero-order valence-electron chi connectivity index (χ0n) is 15.7. The smallest absolute Gasteiger partial charge is 0.223 e. The first-order chi connectivity index (χ1) is 12.8. The van der Waals surface area contributed by atoms with Gasteiger partial charge in [0.05, 0.1) is 0 Å². The molecule has 1 amide bonds. The summed E-state index contributed by atoms with van der Waals surface area (Å²) in [5.74, 6) is 0.372. The van der Waals surface area contributed by atoms with E-state index in [2.05, 4.69) is 52.7 Å². The Morgan fingerprint density at radius 3 is 2.73 bits per heavy atom. The number of nitrogens with one attached hydrogen (secondary N) is 1. The second kappa shape index (κ2) is 9.70. The van der Waals surface area contributed by atoms with Gasteiger partial charge in [0.25, 0.3) is 0 Å². The number of carbonyl (C=O) groups is 1. The topological polar surface area (TPSA) is 41.6 Å². The maximum Gasteiger partial charge on any atom is 0.223 e. The van der Waals surface area contributed by atoms with Crippen LogP contribution in [0.3, 0.4) is 0 Å². The van der Waals surface area contributed by atoms with E-state index in [9.17, 15) is 4.79 Å². The average molecular weight is 354 g/mol. The lowest BCUT2D eigenvalue weighted by Crippen LogP contribution is -2.40. The van der Waals surface area contributed by atoms with Crippen LogP contribution in [0.4, 0.5) is 0 Å². The molecule has 0 atom stereocenters. The molecule has 0 bridgehead atoms. The first kappa shape index (κ1) is 18.9. The molecule has 0 saturated carbocycles. The molecule has 2 aromatic rings. The van der Waals surface area contributed by atoms with Gasteiger partial charge in [0, 0.05) is 32.2 Å². The predicted octanol–water partition coefficient (Wildman–Crippen LogP) is 3.59. The molecule has 1 fully saturated rings. The number of ether oxygens (including phenoxy) is 1. The molecule has 3 rings (SSSR count). The molecule has 0 unspecified atom stereocenters. The number of hydrogen-bond acceptors (Lipinski definition) is 3. The summed E-state index contributed by atoms with van der Waals surface area (Å²) in [5, 5.41) is 5.70. The Hall–Kier alpha value is -1.91. The van der Waals surface area contributed by atoms with Crippen LogP contribution in [0.15, 0.2) is 42.5 Å². The van der Waals surface area contributed by atoms with Crippen LogP contribution in [0, 0.1) is 5.92 Å². The summed E-state index contributed by atoms with van der Waals surface area (Å²) < 4.78 is 5.30. The largest absolute Gasteiger partial charge is 0.382 e. The minimum Gasteiger partial charge on any atom is -0.382 e. The van der Waals surface area contributed by atoms with Gasteiger partial charge in [-0.3, -0.25) is 9.69 Å². The quantitative estimate of drug-likeness (QED) is 0.737. The van der Waals surface area contributed by atoms with Crippen molar-refractivity contribution in [1.82, 2.24) is 10.2 Å². The number of piperidine rings is 1. The van der Waals surface area contributed by atoms with Crippen molar-refractivity contribution in [3.63, 3.8) is 0 Å². The van der Waals surface area contributed by atoms with Crippen LogP contribution in [0.5, 0.6) is 0 Å². The molecule has 0 aliphatic carbocycles. The van der Waals surface area contributed by atoms with Crippen LogP contribution in [-0.2, 0) is 16.1 Å². The molecular weight excluding hydrogens is 324 g/mol. The van der Waals surface area contributed by atoms with Gasteiger partial charge in [0.15, 0.2) is 0 Å². The van der Waals surface area contributed by atoms with Gasteiger partial charge in [-0.25, -0.2) is 0 Å². The molecular formula is C22H30N2O2. The van der Waals surface area contributed by atoms with Crippen molar-refractivity contribution >= 4 is 16.7 Å². The monoisotopic (exact) mass is 354 g/mol. The van der Waals surface area contributed by atoms with E-state index < -0.39 is 0 Å². The van der Waals surface area contributed by atoms with E-state index >= 15 is 0 Å². The first-order valence-electron chi connectivity index (χ1n) is 9.82. The summed E-state index contributed by atoms with van der Waals surface area (Å²) in [6, 6.07) is 15.1. The van der Waals surface area contributed by atoms with E-state index in [-0.39, 0.29) is 11.8 Å². The Labute approximate surface area is 156 Å². The number of fused-ring (bicyclic) bond motifs is 1. The Morgan fingerprint density at radius 1 is 1.15 bits per heavy atom. The molecule has 26 heavy (non-hydrogen) atoms. The van der Waals surface area contributed by atoms with Crippen molar-refractivity contribution in [2.24, 2.45) is 5.92 Å². The number of amides is 1. The molecule has 140 valence electrons. The average Bonchev–Trinajstić information content (AvgIpc) is 2.68. The molecule has 4 heteroatoms. The van der Waals surface area contributed by atoms with E-state index in [1.54, 1.807) is 0 Å². The zero-order valence-corrected chi connectivity index (χ0v) is 15.7. The Morgan fingerprint density at radius 2 is 1.92 bits per heavy atom. The van der Waals surface area contributed by atoms with Gasteiger partial charge in [0.2, 0.25) is 5.91 Å². The Bertz CT molecular complexity index is 703. The number of nitrogens with zero attached hydrogens (tertiary/aromatic N) is 1. The Balaban J connectivity index is 1.45. The van der Waals surface area contributed by atoms with Gasteiger partial charge >= 0.3 is 0 Å². The van der Waals surface area contributed by atoms with E-state index in [1.165, 1.54) is 16.3 Å². The highest BCUT2D eigenvalue weighted by molar-refractivity contribution is 5.85. The Kier molecular flexibility index (Phi) is 7.04. The SMILES string of the molecule is CCOCCCNC(=O)C1CCN(Cc2cccc3ccccc23)CC1. The summed E-state index contributed by atoms with van der Waals surface area (Å²) in [4.78, 5) is 14.8. The van der Waals surface area contributed by atoms with Gasteiger partial charge in [-0.1, -0.05) is 42.5 Å². The van der Waals surface area contributed by atoms with Gasteiger partial charge in [0.1, 0.15) is 0 Å². The van der Waals surface area contributed by atoms with Crippen molar-refractivity contribution in [3.8, 4) is 0 Å². The molecule has 0 radical (unpaired) electrons. The summed E-state index contributed by atoms with van der Waals surface area (Å²) in [7, 11) is 0. The third kappa shape index (κ3) is 5.05. The van der Waals surface area contributed by atoms with Crippen LogP contribution < -0.4 is 5.32 Å². The normalized spacial score (nSPS) is 16.0. The van der Waals surface area contributed by atoms with Gasteiger partial charge in [-0.05, 0) is 55.6 Å². The zero-order chi connectivity index (χ0) is 18.2. The van der Waals surface area contributed by atoms with E-state index in [1.807, 2.05) is 6.92 Å². The fourth-order valence-electron chi connectivity index (χ4n) is 3.70. The lowest BCUT2D eigenvalue weighted by molar-refractivity contribution is -0.126. The van der Waals surface area contributed by atoms with Crippen LogP contribution in [0.25, 0.3) is 10.8 Å². The van der Waals surface area contributed by atoms with Gasteiger partial charge < -0.3 is 10.1 Å². The molecule has 0 spiro atoms. The van der Waals surface area contributed by atoms with Crippen LogP contribution in [0.1, 0.15) is 31.7 Å². The van der Waals surface area contributed by atoms with Gasteiger partial charge in [-0.15, -0.1) is 0 Å². The van der Waals surface area contributed by atoms with Gasteiger partial charge in [-0.2, -0.15) is 0 Å². The van der Waals surface area contributed by atoms with Crippen molar-refractivity contribution in [2.45, 2.75) is 32.7 Å². The number of carbonyl (C=O) groups excluding carboxylic acids is 1. The number of rotatable bonds is 8. The highest BCUT2D eigenvalue weighted by atomic mass is 16.5. The standard InChI is InChI=1S/C22H30N2O2/c1-2-26-16-6-13-23-22(25)19-11-14-24(15-12-19)17-20-9-5-8-18-7-3-4-10-21(18)20/h3-5,7-10,19H,2,6,11-17H2,1H3,(H,23,25). The van der Waals surface area contributed by atoms with Crippen LogP contribution in [-0.4, -0.2) is 43.7 Å². The molecule has 1 N–H and O–H groups in total. The van der Waals surface area contributed by atoms with E-state index in [0.717, 1.165) is 58.7 Å². The summed E-state index contributed by atoms with van der Waals surface area (Å²) in [5.41, 5.74) is 1.38. The first-order valence-corrected chi connectivity index (χ1v) is 9.82.